The molecule has 1 aliphatic carbocycles. The summed E-state index contributed by atoms with van der Waals surface area (Å²) in [6, 6.07) is 15.4. The largest absolute Gasteiger partial charge is 0.369 e. The third kappa shape index (κ3) is 3.65. The summed E-state index contributed by atoms with van der Waals surface area (Å²) in [4.78, 5) is 19.7. The molecule has 1 amide bonds. The van der Waals surface area contributed by atoms with Gasteiger partial charge in [0.1, 0.15) is 5.82 Å². The van der Waals surface area contributed by atoms with Gasteiger partial charge in [-0.05, 0) is 60.9 Å². The number of aryl methyl sites for hydroxylation is 2. The monoisotopic (exact) mass is 416 g/mol. The second-order valence-corrected chi connectivity index (χ2v) is 9.32. The predicted octanol–water partition coefficient (Wildman–Crippen LogP) is 3.99. The van der Waals surface area contributed by atoms with Crippen LogP contribution in [0.15, 0.2) is 42.5 Å². The molecule has 1 saturated heterocycles. The lowest BCUT2D eigenvalue weighted by atomic mass is 9.90. The van der Waals surface area contributed by atoms with Crippen LogP contribution < -0.4 is 5.73 Å². The van der Waals surface area contributed by atoms with Crippen LogP contribution in [0.4, 0.5) is 0 Å². The summed E-state index contributed by atoms with van der Waals surface area (Å²) in [6.45, 7) is 7.37. The molecular formula is C26H32N4O. The van der Waals surface area contributed by atoms with Crippen molar-refractivity contribution in [3.63, 3.8) is 0 Å². The van der Waals surface area contributed by atoms with Gasteiger partial charge in [0.2, 0.25) is 5.91 Å². The van der Waals surface area contributed by atoms with Gasteiger partial charge in [0.15, 0.2) is 0 Å². The number of amides is 1. The van der Waals surface area contributed by atoms with Gasteiger partial charge in [-0.25, -0.2) is 4.98 Å². The number of rotatable bonds is 5. The molecule has 2 atom stereocenters. The normalized spacial score (nSPS) is 22.1. The molecule has 5 nitrogen and oxygen atoms in total. The lowest BCUT2D eigenvalue weighted by molar-refractivity contribution is -0.120. The van der Waals surface area contributed by atoms with Crippen molar-refractivity contribution in [2.24, 2.45) is 11.7 Å². The standard InChI is InChI=1S/C26H32N4O/c1-3-24-28-22-14-17(2)8-9-23(22)30(24)20-10-12-29(13-11-20)16-19-15-18-6-4-5-7-21(18)25(19)26(27)31/h4-9,14,19-20,25H,3,10-13,15-16H2,1-2H3,(H2,27,31). The van der Waals surface area contributed by atoms with E-state index in [0.717, 1.165) is 56.4 Å². The van der Waals surface area contributed by atoms with Crippen molar-refractivity contribution in [1.29, 1.82) is 0 Å². The maximum Gasteiger partial charge on any atom is 0.225 e. The van der Waals surface area contributed by atoms with Crippen molar-refractivity contribution >= 4 is 16.9 Å². The Bertz CT molecular complexity index is 1110. The fourth-order valence-corrected chi connectivity index (χ4v) is 5.84. The summed E-state index contributed by atoms with van der Waals surface area (Å²) in [7, 11) is 0. The van der Waals surface area contributed by atoms with E-state index in [2.05, 4.69) is 59.7 Å². The summed E-state index contributed by atoms with van der Waals surface area (Å²) in [5.74, 6) is 1.15. The van der Waals surface area contributed by atoms with E-state index in [1.54, 1.807) is 0 Å². The van der Waals surface area contributed by atoms with E-state index < -0.39 is 0 Å². The van der Waals surface area contributed by atoms with E-state index >= 15 is 0 Å². The minimum atomic E-state index is -0.183. The highest BCUT2D eigenvalue weighted by atomic mass is 16.1. The van der Waals surface area contributed by atoms with Crippen LogP contribution in [0.5, 0.6) is 0 Å². The molecule has 162 valence electrons. The lowest BCUT2D eigenvalue weighted by Gasteiger charge is -2.35. The van der Waals surface area contributed by atoms with E-state index in [1.807, 2.05) is 6.07 Å². The Morgan fingerprint density at radius 1 is 1.16 bits per heavy atom. The Balaban J connectivity index is 1.30. The molecule has 2 aliphatic rings. The number of imidazole rings is 1. The van der Waals surface area contributed by atoms with Gasteiger partial charge in [0.25, 0.3) is 0 Å². The van der Waals surface area contributed by atoms with Crippen LogP contribution in [0.1, 0.15) is 54.2 Å². The number of aromatic nitrogens is 2. The number of likely N-dealkylation sites (tertiary alicyclic amines) is 1. The Labute approximate surface area is 184 Å². The van der Waals surface area contributed by atoms with Crippen LogP contribution in [-0.4, -0.2) is 40.0 Å². The average Bonchev–Trinajstić information content (AvgIpc) is 3.31. The molecule has 2 unspecified atom stereocenters. The van der Waals surface area contributed by atoms with Gasteiger partial charge in [-0.15, -0.1) is 0 Å². The molecule has 1 aromatic heterocycles. The maximum atomic E-state index is 12.2. The van der Waals surface area contributed by atoms with Gasteiger partial charge in [0.05, 0.1) is 17.0 Å². The number of nitrogens with zero attached hydrogens (tertiary/aromatic N) is 3. The van der Waals surface area contributed by atoms with E-state index in [9.17, 15) is 4.79 Å². The first-order valence-corrected chi connectivity index (χ1v) is 11.6. The van der Waals surface area contributed by atoms with Gasteiger partial charge >= 0.3 is 0 Å². The highest BCUT2D eigenvalue weighted by Crippen LogP contribution is 2.39. The zero-order chi connectivity index (χ0) is 21.5. The molecule has 0 spiro atoms. The fraction of sp³-hybridized carbons (Fsp3) is 0.462. The van der Waals surface area contributed by atoms with Crippen LogP contribution in [0.25, 0.3) is 11.0 Å². The Kier molecular flexibility index (Phi) is 5.30. The van der Waals surface area contributed by atoms with E-state index in [-0.39, 0.29) is 17.7 Å². The minimum Gasteiger partial charge on any atom is -0.369 e. The Morgan fingerprint density at radius 2 is 1.94 bits per heavy atom. The zero-order valence-corrected chi connectivity index (χ0v) is 18.6. The van der Waals surface area contributed by atoms with Gasteiger partial charge in [-0.1, -0.05) is 37.3 Å². The van der Waals surface area contributed by atoms with Gasteiger partial charge < -0.3 is 15.2 Å². The molecule has 3 aromatic rings. The molecule has 1 aliphatic heterocycles. The molecule has 0 bridgehead atoms. The number of nitrogens with two attached hydrogens (primary N) is 1. The maximum absolute atomic E-state index is 12.2. The molecular weight excluding hydrogens is 384 g/mol. The second-order valence-electron chi connectivity index (χ2n) is 9.32. The number of primary amides is 1. The lowest BCUT2D eigenvalue weighted by Crippen LogP contribution is -2.40. The molecule has 2 N–H and O–H groups in total. The molecule has 31 heavy (non-hydrogen) atoms. The number of hydrogen-bond donors (Lipinski definition) is 1. The number of carbonyl (C=O) groups is 1. The molecule has 0 radical (unpaired) electrons. The number of fused-ring (bicyclic) bond motifs is 2. The highest BCUT2D eigenvalue weighted by Gasteiger charge is 2.37. The van der Waals surface area contributed by atoms with Crippen molar-refractivity contribution < 1.29 is 4.79 Å². The first kappa shape index (κ1) is 20.3. The predicted molar refractivity (Wildman–Crippen MR) is 124 cm³/mol. The molecule has 2 heterocycles. The topological polar surface area (TPSA) is 64.2 Å². The second kappa shape index (κ2) is 8.12. The summed E-state index contributed by atoms with van der Waals surface area (Å²) >= 11 is 0. The first-order valence-electron chi connectivity index (χ1n) is 11.6. The fourth-order valence-electron chi connectivity index (χ4n) is 5.84. The summed E-state index contributed by atoms with van der Waals surface area (Å²) in [5, 5.41) is 0. The van der Waals surface area contributed by atoms with Gasteiger partial charge in [-0.2, -0.15) is 0 Å². The van der Waals surface area contributed by atoms with Crippen molar-refractivity contribution in [3.8, 4) is 0 Å². The summed E-state index contributed by atoms with van der Waals surface area (Å²) < 4.78 is 2.49. The zero-order valence-electron chi connectivity index (χ0n) is 18.6. The van der Waals surface area contributed by atoms with Crippen molar-refractivity contribution in [2.75, 3.05) is 19.6 Å². The highest BCUT2D eigenvalue weighted by molar-refractivity contribution is 5.84. The van der Waals surface area contributed by atoms with E-state index in [1.165, 1.54) is 22.5 Å². The Morgan fingerprint density at radius 3 is 2.68 bits per heavy atom. The van der Waals surface area contributed by atoms with Crippen LogP contribution in [-0.2, 0) is 17.6 Å². The van der Waals surface area contributed by atoms with Crippen LogP contribution in [0.3, 0.4) is 0 Å². The van der Waals surface area contributed by atoms with Crippen molar-refractivity contribution in [1.82, 2.24) is 14.5 Å². The molecule has 5 heteroatoms. The third-order valence-corrected chi connectivity index (χ3v) is 7.30. The van der Waals surface area contributed by atoms with Gasteiger partial charge in [0, 0.05) is 32.1 Å². The van der Waals surface area contributed by atoms with Crippen LogP contribution in [0.2, 0.25) is 0 Å². The SMILES string of the molecule is CCc1nc2cc(C)ccc2n1C1CCN(CC2Cc3ccccc3C2C(N)=O)CC1. The summed E-state index contributed by atoms with van der Waals surface area (Å²) in [5.41, 5.74) is 11.9. The smallest absolute Gasteiger partial charge is 0.225 e. The van der Waals surface area contributed by atoms with E-state index in [4.69, 9.17) is 10.7 Å². The van der Waals surface area contributed by atoms with Crippen molar-refractivity contribution in [3.05, 3.63) is 65.0 Å². The molecule has 2 aromatic carbocycles. The number of carbonyl (C=O) groups excluding carboxylic acids is 1. The quantitative estimate of drug-likeness (QED) is 0.684. The number of piperidine rings is 1. The Hall–Kier alpha value is -2.66. The molecule has 1 fully saturated rings. The van der Waals surface area contributed by atoms with E-state index in [0.29, 0.717) is 6.04 Å². The number of benzene rings is 2. The van der Waals surface area contributed by atoms with Crippen LogP contribution >= 0.6 is 0 Å². The molecule has 0 saturated carbocycles. The number of hydrogen-bond acceptors (Lipinski definition) is 3. The first-order chi connectivity index (χ1) is 15.0. The van der Waals surface area contributed by atoms with Gasteiger partial charge in [-0.3, -0.25) is 4.79 Å². The average molecular weight is 417 g/mol. The third-order valence-electron chi connectivity index (χ3n) is 7.30. The minimum absolute atomic E-state index is 0.151. The summed E-state index contributed by atoms with van der Waals surface area (Å²) in [6.07, 6.45) is 4.14. The molecule has 5 rings (SSSR count). The van der Waals surface area contributed by atoms with Crippen molar-refractivity contribution in [2.45, 2.75) is 51.5 Å². The van der Waals surface area contributed by atoms with Crippen LogP contribution in [0, 0.1) is 12.8 Å².